The summed E-state index contributed by atoms with van der Waals surface area (Å²) < 4.78 is 106. The molecule has 202 valence electrons. The standard InChI is InChI=1S/C21H14F7N5O5/c1-8-13(19(35)33-9-5-31-18(17(29)34)32-6-9)12(7-30-16(8)20(23,24)25)37-11-4-3-10(38-21(26,27)28)14(22)15(11)36-2/h3-7H,1-2H3,(H2,29,34)(H,33,35). The summed E-state index contributed by atoms with van der Waals surface area (Å²) in [6.45, 7) is 0.905. The molecule has 2 amide bonds. The lowest BCUT2D eigenvalue weighted by molar-refractivity contribution is -0.275. The Morgan fingerprint density at radius 3 is 2.08 bits per heavy atom. The molecule has 0 unspecified atom stereocenters. The summed E-state index contributed by atoms with van der Waals surface area (Å²) in [5.74, 6) is -7.68. The van der Waals surface area contributed by atoms with Crippen LogP contribution in [0.2, 0.25) is 0 Å². The van der Waals surface area contributed by atoms with Crippen molar-refractivity contribution in [2.45, 2.75) is 19.5 Å². The molecule has 0 fully saturated rings. The number of hydrogen-bond donors (Lipinski definition) is 2. The highest BCUT2D eigenvalue weighted by Gasteiger charge is 2.38. The first kappa shape index (κ1) is 27.9. The molecule has 2 aromatic heterocycles. The molecule has 0 saturated carbocycles. The maximum atomic E-state index is 14.6. The van der Waals surface area contributed by atoms with Gasteiger partial charge in [0, 0.05) is 0 Å². The molecule has 0 spiro atoms. The number of aromatic nitrogens is 3. The Hall–Kier alpha value is -4.70. The molecular weight excluding hydrogens is 535 g/mol. The number of carbonyl (C=O) groups excluding carboxylic acids is 2. The fraction of sp³-hybridized carbons (Fsp3) is 0.190. The van der Waals surface area contributed by atoms with Gasteiger partial charge in [-0.25, -0.2) is 15.0 Å². The Balaban J connectivity index is 2.07. The summed E-state index contributed by atoms with van der Waals surface area (Å²) in [6.07, 6.45) is -7.83. The van der Waals surface area contributed by atoms with Crippen molar-refractivity contribution in [2.75, 3.05) is 12.4 Å². The number of primary amides is 1. The van der Waals surface area contributed by atoms with Gasteiger partial charge in [0.15, 0.2) is 17.2 Å². The second kappa shape index (κ2) is 10.3. The Bertz CT molecular complexity index is 1380. The molecule has 1 aromatic carbocycles. The van der Waals surface area contributed by atoms with Crippen LogP contribution in [0.3, 0.4) is 0 Å². The third-order valence-corrected chi connectivity index (χ3v) is 4.59. The van der Waals surface area contributed by atoms with Crippen molar-refractivity contribution >= 4 is 17.5 Å². The summed E-state index contributed by atoms with van der Waals surface area (Å²) >= 11 is 0. The number of benzene rings is 1. The van der Waals surface area contributed by atoms with E-state index in [1.54, 1.807) is 0 Å². The van der Waals surface area contributed by atoms with E-state index in [9.17, 15) is 40.3 Å². The van der Waals surface area contributed by atoms with Crippen molar-refractivity contribution in [3.63, 3.8) is 0 Å². The summed E-state index contributed by atoms with van der Waals surface area (Å²) in [5, 5.41) is 2.20. The molecule has 10 nitrogen and oxygen atoms in total. The van der Waals surface area contributed by atoms with Gasteiger partial charge in [0.25, 0.3) is 11.8 Å². The summed E-state index contributed by atoms with van der Waals surface area (Å²) in [7, 11) is 0.877. The van der Waals surface area contributed by atoms with Gasteiger partial charge in [-0.3, -0.25) is 9.59 Å². The molecule has 0 aliphatic heterocycles. The number of rotatable bonds is 7. The molecule has 17 heteroatoms. The first-order valence-electron chi connectivity index (χ1n) is 9.92. The minimum atomic E-state index is -5.24. The molecule has 3 aromatic rings. The molecule has 2 heterocycles. The molecule has 0 aliphatic carbocycles. The molecule has 0 bridgehead atoms. The minimum Gasteiger partial charge on any atom is -0.490 e. The average Bonchev–Trinajstić information content (AvgIpc) is 2.80. The number of nitrogens with two attached hydrogens (primary N) is 1. The lowest BCUT2D eigenvalue weighted by Gasteiger charge is -2.19. The zero-order valence-corrected chi connectivity index (χ0v) is 19.0. The topological polar surface area (TPSA) is 139 Å². The largest absolute Gasteiger partial charge is 0.573 e. The van der Waals surface area contributed by atoms with E-state index < -0.39 is 75.8 Å². The highest BCUT2D eigenvalue weighted by atomic mass is 19.4. The maximum absolute atomic E-state index is 14.6. The highest BCUT2D eigenvalue weighted by molar-refractivity contribution is 6.07. The lowest BCUT2D eigenvalue weighted by atomic mass is 10.1. The maximum Gasteiger partial charge on any atom is 0.573 e. The van der Waals surface area contributed by atoms with E-state index in [0.717, 1.165) is 32.5 Å². The van der Waals surface area contributed by atoms with Gasteiger partial charge in [-0.05, 0) is 24.6 Å². The number of alkyl halides is 6. The first-order valence-corrected chi connectivity index (χ1v) is 9.92. The third kappa shape index (κ3) is 6.16. The molecule has 0 aliphatic rings. The minimum absolute atomic E-state index is 0.159. The number of pyridine rings is 1. The van der Waals surface area contributed by atoms with Gasteiger partial charge in [0.2, 0.25) is 17.4 Å². The molecular formula is C21H14F7N5O5. The summed E-state index contributed by atoms with van der Waals surface area (Å²) in [5.41, 5.74) is 1.96. The molecule has 0 radical (unpaired) electrons. The van der Waals surface area contributed by atoms with Crippen LogP contribution in [0, 0.1) is 12.7 Å². The van der Waals surface area contributed by atoms with Crippen molar-refractivity contribution in [2.24, 2.45) is 5.73 Å². The quantitative estimate of drug-likeness (QED) is 0.414. The van der Waals surface area contributed by atoms with Gasteiger partial charge in [-0.2, -0.15) is 17.6 Å². The zero-order chi connectivity index (χ0) is 28.4. The van der Waals surface area contributed by atoms with Crippen LogP contribution < -0.4 is 25.3 Å². The van der Waals surface area contributed by atoms with Crippen LogP contribution >= 0.6 is 0 Å². The number of anilines is 1. The van der Waals surface area contributed by atoms with Crippen molar-refractivity contribution in [1.29, 1.82) is 0 Å². The fourth-order valence-electron chi connectivity index (χ4n) is 3.06. The van der Waals surface area contributed by atoms with Crippen LogP contribution in [0.25, 0.3) is 0 Å². The third-order valence-electron chi connectivity index (χ3n) is 4.59. The molecule has 0 saturated heterocycles. The fourth-order valence-corrected chi connectivity index (χ4v) is 3.06. The first-order chi connectivity index (χ1) is 17.6. The van der Waals surface area contributed by atoms with E-state index in [4.69, 9.17) is 15.2 Å². The van der Waals surface area contributed by atoms with E-state index >= 15 is 0 Å². The van der Waals surface area contributed by atoms with Gasteiger partial charge in [0.05, 0.1) is 37.0 Å². The molecule has 38 heavy (non-hydrogen) atoms. The Morgan fingerprint density at radius 1 is 0.947 bits per heavy atom. The number of methoxy groups -OCH3 is 1. The van der Waals surface area contributed by atoms with Crippen LogP contribution in [-0.2, 0) is 6.18 Å². The molecule has 0 atom stereocenters. The normalized spacial score (nSPS) is 11.6. The Labute approximate surface area is 207 Å². The van der Waals surface area contributed by atoms with Crippen LogP contribution in [-0.4, -0.2) is 40.2 Å². The van der Waals surface area contributed by atoms with Crippen LogP contribution in [0.15, 0.2) is 30.7 Å². The summed E-state index contributed by atoms with van der Waals surface area (Å²) in [4.78, 5) is 34.5. The van der Waals surface area contributed by atoms with Gasteiger partial charge in [-0.1, -0.05) is 0 Å². The second-order valence-corrected chi connectivity index (χ2v) is 7.14. The number of hydrogen-bond acceptors (Lipinski definition) is 8. The molecule has 3 rings (SSSR count). The van der Waals surface area contributed by atoms with Crippen molar-refractivity contribution in [3.8, 4) is 23.0 Å². The SMILES string of the molecule is COc1c(Oc2cnc(C(F)(F)F)c(C)c2C(=O)Nc2cnc(C(N)=O)nc2)ccc(OC(F)(F)F)c1F. The Kier molecular flexibility index (Phi) is 7.59. The van der Waals surface area contributed by atoms with Crippen molar-refractivity contribution in [1.82, 2.24) is 15.0 Å². The van der Waals surface area contributed by atoms with E-state index in [-0.39, 0.29) is 5.69 Å². The highest BCUT2D eigenvalue weighted by Crippen LogP contribution is 2.42. The molecule has 3 N–H and O–H groups in total. The zero-order valence-electron chi connectivity index (χ0n) is 19.0. The van der Waals surface area contributed by atoms with Crippen LogP contribution in [0.4, 0.5) is 36.4 Å². The lowest BCUT2D eigenvalue weighted by Crippen LogP contribution is -2.20. The smallest absolute Gasteiger partial charge is 0.490 e. The number of carbonyl (C=O) groups is 2. The van der Waals surface area contributed by atoms with E-state index in [1.165, 1.54) is 0 Å². The van der Waals surface area contributed by atoms with Crippen LogP contribution in [0.5, 0.6) is 23.0 Å². The Morgan fingerprint density at radius 2 is 1.55 bits per heavy atom. The van der Waals surface area contributed by atoms with Gasteiger partial charge in [-0.15, -0.1) is 13.2 Å². The number of nitrogens with one attached hydrogen (secondary N) is 1. The monoisotopic (exact) mass is 549 g/mol. The predicted octanol–water partition coefficient (Wildman–Crippen LogP) is 4.39. The van der Waals surface area contributed by atoms with Gasteiger partial charge >= 0.3 is 12.5 Å². The number of ether oxygens (including phenoxy) is 3. The predicted molar refractivity (Wildman–Crippen MR) is 112 cm³/mol. The van der Waals surface area contributed by atoms with E-state index in [2.05, 4.69) is 25.0 Å². The van der Waals surface area contributed by atoms with E-state index in [1.807, 2.05) is 0 Å². The van der Waals surface area contributed by atoms with Crippen molar-refractivity contribution in [3.05, 3.63) is 59.2 Å². The van der Waals surface area contributed by atoms with Crippen LogP contribution in [0.1, 0.15) is 32.2 Å². The van der Waals surface area contributed by atoms with Crippen molar-refractivity contribution < 1.29 is 54.5 Å². The van der Waals surface area contributed by atoms with Gasteiger partial charge < -0.3 is 25.3 Å². The van der Waals surface area contributed by atoms with E-state index in [0.29, 0.717) is 12.3 Å². The number of halogens is 7. The van der Waals surface area contributed by atoms with Gasteiger partial charge in [0.1, 0.15) is 5.69 Å². The number of nitrogens with zero attached hydrogens (tertiary/aromatic N) is 3. The second-order valence-electron chi connectivity index (χ2n) is 7.14. The summed E-state index contributed by atoms with van der Waals surface area (Å²) in [6, 6.07) is 1.30. The average molecular weight is 549 g/mol. The number of amides is 2.